The molecule has 1 aromatic heterocycles. The molecule has 0 aliphatic rings. The Bertz CT molecular complexity index is 634. The Morgan fingerprint density at radius 2 is 2.06 bits per heavy atom. The molecule has 0 unspecified atom stereocenters. The zero-order valence-corrected chi connectivity index (χ0v) is 9.11. The van der Waals surface area contributed by atoms with Crippen molar-refractivity contribution in [1.82, 2.24) is 4.98 Å². The van der Waals surface area contributed by atoms with Crippen molar-refractivity contribution >= 4 is 5.69 Å². The highest BCUT2D eigenvalue weighted by Crippen LogP contribution is 2.23. The number of rotatable bonds is 3. The van der Waals surface area contributed by atoms with E-state index in [1.807, 2.05) is 6.07 Å². The van der Waals surface area contributed by atoms with Crippen LogP contribution in [-0.4, -0.2) is 9.91 Å². The summed E-state index contributed by atoms with van der Waals surface area (Å²) in [6, 6.07) is 12.4. The molecule has 1 heterocycles. The first kappa shape index (κ1) is 11.5. The van der Waals surface area contributed by atoms with Crippen LogP contribution in [0.1, 0.15) is 5.69 Å². The Morgan fingerprint density at radius 3 is 2.78 bits per heavy atom. The summed E-state index contributed by atoms with van der Waals surface area (Å²) in [5.41, 5.74) is 0.155. The van der Waals surface area contributed by atoms with Crippen molar-refractivity contribution in [3.05, 3.63) is 58.3 Å². The Kier molecular flexibility index (Phi) is 3.16. The van der Waals surface area contributed by atoms with Gasteiger partial charge in [0.05, 0.1) is 11.0 Å². The van der Waals surface area contributed by atoms with Crippen molar-refractivity contribution in [2.24, 2.45) is 0 Å². The third-order valence-corrected chi connectivity index (χ3v) is 2.09. The molecule has 88 valence electrons. The predicted molar refractivity (Wildman–Crippen MR) is 62.1 cm³/mol. The highest BCUT2D eigenvalue weighted by atomic mass is 16.6. The van der Waals surface area contributed by atoms with Crippen LogP contribution in [-0.2, 0) is 0 Å². The van der Waals surface area contributed by atoms with E-state index in [0.29, 0.717) is 5.75 Å². The van der Waals surface area contributed by atoms with Gasteiger partial charge in [-0.2, -0.15) is 5.26 Å². The number of nitro groups is 1. The summed E-state index contributed by atoms with van der Waals surface area (Å²) in [6.07, 6.45) is 0. The number of ether oxygens (including phenoxy) is 1. The molecule has 0 saturated carbocycles. The maximum atomic E-state index is 10.6. The number of nitriles is 1. The van der Waals surface area contributed by atoms with Crippen LogP contribution in [0.25, 0.3) is 0 Å². The van der Waals surface area contributed by atoms with E-state index in [1.165, 1.54) is 18.2 Å². The van der Waals surface area contributed by atoms with Crippen molar-refractivity contribution in [3.8, 4) is 17.7 Å². The van der Waals surface area contributed by atoms with E-state index >= 15 is 0 Å². The lowest BCUT2D eigenvalue weighted by Gasteiger charge is -2.04. The number of nitro benzene ring substituents is 1. The molecule has 0 bridgehead atoms. The van der Waals surface area contributed by atoms with Gasteiger partial charge in [0.15, 0.2) is 0 Å². The number of pyridine rings is 1. The van der Waals surface area contributed by atoms with E-state index < -0.39 is 4.92 Å². The van der Waals surface area contributed by atoms with Gasteiger partial charge in [0.2, 0.25) is 5.88 Å². The second-order valence-electron chi connectivity index (χ2n) is 3.33. The zero-order valence-electron chi connectivity index (χ0n) is 9.11. The molecule has 18 heavy (non-hydrogen) atoms. The van der Waals surface area contributed by atoms with Crippen molar-refractivity contribution < 1.29 is 9.66 Å². The van der Waals surface area contributed by atoms with Crippen LogP contribution in [0, 0.1) is 21.4 Å². The van der Waals surface area contributed by atoms with Gasteiger partial charge in [0.1, 0.15) is 17.5 Å². The molecule has 2 aromatic rings. The zero-order chi connectivity index (χ0) is 13.0. The third-order valence-electron chi connectivity index (χ3n) is 2.09. The van der Waals surface area contributed by atoms with Crippen LogP contribution in [0.2, 0.25) is 0 Å². The fourth-order valence-corrected chi connectivity index (χ4v) is 1.32. The molecular weight excluding hydrogens is 234 g/mol. The molecule has 6 heteroatoms. The molecule has 0 N–H and O–H groups in total. The topological polar surface area (TPSA) is 89.0 Å². The molecular formula is C12H7N3O3. The maximum absolute atomic E-state index is 10.6. The van der Waals surface area contributed by atoms with E-state index in [0.717, 1.165) is 0 Å². The third kappa shape index (κ3) is 2.59. The van der Waals surface area contributed by atoms with Gasteiger partial charge in [-0.05, 0) is 12.1 Å². The number of non-ortho nitro benzene ring substituents is 1. The molecule has 0 atom stereocenters. The summed E-state index contributed by atoms with van der Waals surface area (Å²) in [4.78, 5) is 14.0. The first-order valence-corrected chi connectivity index (χ1v) is 4.98. The summed E-state index contributed by atoms with van der Waals surface area (Å²) in [6.45, 7) is 0. The van der Waals surface area contributed by atoms with Crippen LogP contribution in [0.3, 0.4) is 0 Å². The second kappa shape index (κ2) is 4.93. The standard InChI is InChI=1S/C12H7N3O3/c13-8-9-3-1-6-12(14-9)18-11-5-2-4-10(7-11)15(16)17/h1-7H. The van der Waals surface area contributed by atoms with Gasteiger partial charge in [-0.3, -0.25) is 10.1 Å². The van der Waals surface area contributed by atoms with Gasteiger partial charge in [0, 0.05) is 12.1 Å². The number of aromatic nitrogens is 1. The fourth-order valence-electron chi connectivity index (χ4n) is 1.32. The molecule has 0 saturated heterocycles. The lowest BCUT2D eigenvalue weighted by molar-refractivity contribution is -0.384. The lowest BCUT2D eigenvalue weighted by atomic mass is 10.3. The predicted octanol–water partition coefficient (Wildman–Crippen LogP) is 2.65. The Balaban J connectivity index is 2.26. The van der Waals surface area contributed by atoms with E-state index in [2.05, 4.69) is 4.98 Å². The van der Waals surface area contributed by atoms with Crippen LogP contribution in [0.5, 0.6) is 11.6 Å². The minimum atomic E-state index is -0.508. The lowest BCUT2D eigenvalue weighted by Crippen LogP contribution is -1.92. The van der Waals surface area contributed by atoms with Crippen molar-refractivity contribution in [1.29, 1.82) is 5.26 Å². The van der Waals surface area contributed by atoms with Crippen molar-refractivity contribution in [2.45, 2.75) is 0 Å². The smallest absolute Gasteiger partial charge is 0.273 e. The largest absolute Gasteiger partial charge is 0.439 e. The number of nitrogens with zero attached hydrogens (tertiary/aromatic N) is 3. The fraction of sp³-hybridized carbons (Fsp3) is 0. The Labute approximate surface area is 102 Å². The summed E-state index contributed by atoms with van der Waals surface area (Å²) in [5.74, 6) is 0.515. The van der Waals surface area contributed by atoms with Crippen molar-refractivity contribution in [2.75, 3.05) is 0 Å². The summed E-state index contributed by atoms with van der Waals surface area (Å²) in [7, 11) is 0. The van der Waals surface area contributed by atoms with E-state index in [-0.39, 0.29) is 17.3 Å². The highest BCUT2D eigenvalue weighted by Gasteiger charge is 2.07. The first-order valence-electron chi connectivity index (χ1n) is 4.98. The monoisotopic (exact) mass is 241 g/mol. The molecule has 6 nitrogen and oxygen atoms in total. The summed E-state index contributed by atoms with van der Waals surface area (Å²) in [5, 5.41) is 19.3. The van der Waals surface area contributed by atoms with Gasteiger partial charge in [-0.25, -0.2) is 4.98 Å². The van der Waals surface area contributed by atoms with Gasteiger partial charge in [-0.15, -0.1) is 0 Å². The molecule has 1 aromatic carbocycles. The molecule has 0 spiro atoms. The molecule has 0 fully saturated rings. The molecule has 0 amide bonds. The van der Waals surface area contributed by atoms with Gasteiger partial charge >= 0.3 is 0 Å². The van der Waals surface area contributed by atoms with Gasteiger partial charge in [0.25, 0.3) is 5.69 Å². The molecule has 0 radical (unpaired) electrons. The van der Waals surface area contributed by atoms with Crippen LogP contribution in [0.15, 0.2) is 42.5 Å². The van der Waals surface area contributed by atoms with Crippen LogP contribution >= 0.6 is 0 Å². The molecule has 0 aliphatic carbocycles. The first-order chi connectivity index (χ1) is 8.69. The quantitative estimate of drug-likeness (QED) is 0.608. The van der Waals surface area contributed by atoms with E-state index in [1.54, 1.807) is 24.3 Å². The highest BCUT2D eigenvalue weighted by molar-refractivity contribution is 5.39. The minimum absolute atomic E-state index is 0.0658. The van der Waals surface area contributed by atoms with Crippen LogP contribution in [0.4, 0.5) is 5.69 Å². The number of hydrogen-bond acceptors (Lipinski definition) is 5. The summed E-state index contributed by atoms with van der Waals surface area (Å²) >= 11 is 0. The SMILES string of the molecule is N#Cc1cccc(Oc2cccc([N+](=O)[O-])c2)n1. The Morgan fingerprint density at radius 1 is 1.28 bits per heavy atom. The Hall–Kier alpha value is -2.94. The minimum Gasteiger partial charge on any atom is -0.439 e. The normalized spacial score (nSPS) is 9.50. The average molecular weight is 241 g/mol. The van der Waals surface area contributed by atoms with Crippen LogP contribution < -0.4 is 4.74 Å². The number of benzene rings is 1. The molecule has 2 rings (SSSR count). The average Bonchev–Trinajstić information content (AvgIpc) is 2.39. The number of hydrogen-bond donors (Lipinski definition) is 0. The second-order valence-corrected chi connectivity index (χ2v) is 3.33. The van der Waals surface area contributed by atoms with Gasteiger partial charge < -0.3 is 4.74 Å². The van der Waals surface area contributed by atoms with Gasteiger partial charge in [-0.1, -0.05) is 12.1 Å². The summed E-state index contributed by atoms with van der Waals surface area (Å²) < 4.78 is 5.34. The van der Waals surface area contributed by atoms with Crippen molar-refractivity contribution in [3.63, 3.8) is 0 Å². The van der Waals surface area contributed by atoms with E-state index in [9.17, 15) is 10.1 Å². The maximum Gasteiger partial charge on any atom is 0.273 e. The van der Waals surface area contributed by atoms with E-state index in [4.69, 9.17) is 10.00 Å². The molecule has 0 aliphatic heterocycles.